The Morgan fingerprint density at radius 3 is 2.65 bits per heavy atom. The highest BCUT2D eigenvalue weighted by Gasteiger charge is 2.11. The highest BCUT2D eigenvalue weighted by atomic mass is 19.1. The zero-order valence-corrected chi connectivity index (χ0v) is 8.48. The Morgan fingerprint density at radius 1 is 1.18 bits per heavy atom. The van der Waals surface area contributed by atoms with Crippen LogP contribution in [0.1, 0.15) is 5.69 Å². The average Bonchev–Trinajstić information content (AvgIpc) is 2.31. The first kappa shape index (κ1) is 11.0. The van der Waals surface area contributed by atoms with Crippen LogP contribution >= 0.6 is 0 Å². The number of nitrogen functional groups attached to an aromatic ring is 1. The molecule has 0 fully saturated rings. The van der Waals surface area contributed by atoms with Crippen LogP contribution in [0.15, 0.2) is 24.3 Å². The molecule has 4 nitrogen and oxygen atoms in total. The lowest BCUT2D eigenvalue weighted by molar-refractivity contribution is 0.602. The topological polar surface area (TPSA) is 75.6 Å². The van der Waals surface area contributed by atoms with E-state index in [1.54, 1.807) is 6.07 Å². The molecule has 6 heteroatoms. The van der Waals surface area contributed by atoms with Crippen molar-refractivity contribution in [1.29, 1.82) is 5.26 Å². The molecule has 0 spiro atoms. The second-order valence-corrected chi connectivity index (χ2v) is 3.24. The third-order valence-electron chi connectivity index (χ3n) is 2.03. The number of hydrogen-bond acceptors (Lipinski definition) is 4. The molecule has 17 heavy (non-hydrogen) atoms. The summed E-state index contributed by atoms with van der Waals surface area (Å²) >= 11 is 0. The summed E-state index contributed by atoms with van der Waals surface area (Å²) in [6.45, 7) is 0. The summed E-state index contributed by atoms with van der Waals surface area (Å²) in [5, 5.41) is 8.69. The van der Waals surface area contributed by atoms with Crippen molar-refractivity contribution in [3.63, 3.8) is 0 Å². The predicted octanol–water partition coefficient (Wildman–Crippen LogP) is 1.88. The summed E-state index contributed by atoms with van der Waals surface area (Å²) in [5.74, 6) is -1.39. The van der Waals surface area contributed by atoms with Crippen molar-refractivity contribution in [2.75, 3.05) is 5.73 Å². The van der Waals surface area contributed by atoms with Gasteiger partial charge in [-0.3, -0.25) is 0 Å². The Balaban J connectivity index is 2.64. The Morgan fingerprint density at radius 2 is 1.94 bits per heavy atom. The van der Waals surface area contributed by atoms with E-state index in [4.69, 9.17) is 11.0 Å². The highest BCUT2D eigenvalue weighted by molar-refractivity contribution is 5.58. The number of rotatable bonds is 1. The molecule has 0 aliphatic rings. The van der Waals surface area contributed by atoms with Crippen LogP contribution in [0.2, 0.25) is 0 Å². The van der Waals surface area contributed by atoms with Crippen LogP contribution in [0, 0.1) is 23.0 Å². The standard InChI is InChI=1S/C11H6F2N4/c12-6-1-2-9(13)8(3-6)11-16-7(5-14)4-10(15)17-11/h1-4H,(H2,15,16,17). The van der Waals surface area contributed by atoms with Gasteiger partial charge in [-0.1, -0.05) is 0 Å². The molecule has 1 aromatic heterocycles. The summed E-state index contributed by atoms with van der Waals surface area (Å²) in [6.07, 6.45) is 0. The minimum absolute atomic E-state index is 0.00355. The van der Waals surface area contributed by atoms with Gasteiger partial charge in [-0.15, -0.1) is 0 Å². The van der Waals surface area contributed by atoms with Crippen molar-refractivity contribution >= 4 is 5.82 Å². The number of nitrogens with zero attached hydrogens (tertiary/aromatic N) is 3. The van der Waals surface area contributed by atoms with Crippen molar-refractivity contribution in [3.05, 3.63) is 41.6 Å². The molecule has 0 aliphatic heterocycles. The maximum Gasteiger partial charge on any atom is 0.166 e. The van der Waals surface area contributed by atoms with E-state index in [1.165, 1.54) is 6.07 Å². The molecule has 2 rings (SSSR count). The Kier molecular flexibility index (Phi) is 2.66. The highest BCUT2D eigenvalue weighted by Crippen LogP contribution is 2.21. The first-order chi connectivity index (χ1) is 8.10. The summed E-state index contributed by atoms with van der Waals surface area (Å²) in [5.41, 5.74) is 5.31. The SMILES string of the molecule is N#Cc1cc(N)nc(-c2cc(F)ccc2F)n1. The molecule has 1 aromatic carbocycles. The zero-order valence-electron chi connectivity index (χ0n) is 8.48. The lowest BCUT2D eigenvalue weighted by Gasteiger charge is -2.03. The quantitative estimate of drug-likeness (QED) is 0.814. The number of benzene rings is 1. The molecule has 0 saturated heterocycles. The molecule has 0 atom stereocenters. The Bertz CT molecular complexity index is 619. The molecular formula is C11H6F2N4. The van der Waals surface area contributed by atoms with Crippen molar-refractivity contribution in [3.8, 4) is 17.5 Å². The maximum atomic E-state index is 13.5. The number of nitriles is 1. The molecule has 0 radical (unpaired) electrons. The van der Waals surface area contributed by atoms with Gasteiger partial charge >= 0.3 is 0 Å². The molecule has 84 valence electrons. The number of nitrogens with two attached hydrogens (primary N) is 1. The van der Waals surface area contributed by atoms with Gasteiger partial charge < -0.3 is 5.73 Å². The fourth-order valence-corrected chi connectivity index (χ4v) is 1.31. The first-order valence-electron chi connectivity index (χ1n) is 4.60. The minimum Gasteiger partial charge on any atom is -0.384 e. The van der Waals surface area contributed by atoms with Gasteiger partial charge in [0.1, 0.15) is 29.2 Å². The van der Waals surface area contributed by atoms with E-state index in [0.29, 0.717) is 0 Å². The van der Waals surface area contributed by atoms with Gasteiger partial charge in [-0.2, -0.15) is 5.26 Å². The lowest BCUT2D eigenvalue weighted by atomic mass is 10.2. The van der Waals surface area contributed by atoms with Crippen molar-refractivity contribution < 1.29 is 8.78 Å². The predicted molar refractivity (Wildman–Crippen MR) is 56.5 cm³/mol. The van der Waals surface area contributed by atoms with E-state index in [2.05, 4.69) is 9.97 Å². The van der Waals surface area contributed by atoms with Crippen molar-refractivity contribution in [1.82, 2.24) is 9.97 Å². The zero-order chi connectivity index (χ0) is 12.4. The van der Waals surface area contributed by atoms with Crippen molar-refractivity contribution in [2.24, 2.45) is 0 Å². The van der Waals surface area contributed by atoms with E-state index in [9.17, 15) is 8.78 Å². The van der Waals surface area contributed by atoms with Crippen LogP contribution in [0.5, 0.6) is 0 Å². The minimum atomic E-state index is -0.680. The van der Waals surface area contributed by atoms with Gasteiger partial charge in [-0.05, 0) is 18.2 Å². The van der Waals surface area contributed by atoms with E-state index in [-0.39, 0.29) is 22.9 Å². The number of halogens is 2. The lowest BCUT2D eigenvalue weighted by Crippen LogP contribution is -1.99. The normalized spacial score (nSPS) is 9.94. The molecule has 0 saturated carbocycles. The molecule has 1 heterocycles. The molecular weight excluding hydrogens is 226 g/mol. The average molecular weight is 232 g/mol. The van der Waals surface area contributed by atoms with Gasteiger partial charge in [-0.25, -0.2) is 18.7 Å². The van der Waals surface area contributed by atoms with Crippen LogP contribution in [-0.2, 0) is 0 Å². The van der Waals surface area contributed by atoms with Crippen LogP contribution in [0.4, 0.5) is 14.6 Å². The number of hydrogen-bond donors (Lipinski definition) is 1. The maximum absolute atomic E-state index is 13.5. The molecule has 0 aliphatic carbocycles. The molecule has 0 unspecified atom stereocenters. The van der Waals surface area contributed by atoms with Gasteiger partial charge in [0.05, 0.1) is 5.56 Å². The van der Waals surface area contributed by atoms with Crippen LogP contribution in [-0.4, -0.2) is 9.97 Å². The van der Waals surface area contributed by atoms with Gasteiger partial charge in [0.2, 0.25) is 0 Å². The fraction of sp³-hybridized carbons (Fsp3) is 0. The van der Waals surface area contributed by atoms with E-state index in [0.717, 1.165) is 18.2 Å². The smallest absolute Gasteiger partial charge is 0.166 e. The van der Waals surface area contributed by atoms with Gasteiger partial charge in [0.25, 0.3) is 0 Å². The number of aromatic nitrogens is 2. The Hall–Kier alpha value is -2.55. The third kappa shape index (κ3) is 2.18. The fourth-order valence-electron chi connectivity index (χ4n) is 1.31. The number of anilines is 1. The second kappa shape index (κ2) is 4.14. The summed E-state index contributed by atoms with van der Waals surface area (Å²) in [7, 11) is 0. The van der Waals surface area contributed by atoms with Crippen molar-refractivity contribution in [2.45, 2.75) is 0 Å². The first-order valence-corrected chi connectivity index (χ1v) is 4.60. The van der Waals surface area contributed by atoms with Gasteiger partial charge in [0, 0.05) is 6.07 Å². The summed E-state index contributed by atoms with van der Waals surface area (Å²) < 4.78 is 26.4. The largest absolute Gasteiger partial charge is 0.384 e. The molecule has 0 amide bonds. The van der Waals surface area contributed by atoms with E-state index in [1.807, 2.05) is 0 Å². The van der Waals surface area contributed by atoms with E-state index < -0.39 is 11.6 Å². The summed E-state index contributed by atoms with van der Waals surface area (Å²) in [6, 6.07) is 5.91. The third-order valence-corrected chi connectivity index (χ3v) is 2.03. The Labute approximate surface area is 95.4 Å². The summed E-state index contributed by atoms with van der Waals surface area (Å²) in [4.78, 5) is 7.53. The van der Waals surface area contributed by atoms with E-state index >= 15 is 0 Å². The van der Waals surface area contributed by atoms with Gasteiger partial charge in [0.15, 0.2) is 5.82 Å². The van der Waals surface area contributed by atoms with Crippen LogP contribution in [0.25, 0.3) is 11.4 Å². The molecule has 0 bridgehead atoms. The second-order valence-electron chi connectivity index (χ2n) is 3.24. The molecule has 2 aromatic rings. The monoisotopic (exact) mass is 232 g/mol. The molecule has 2 N–H and O–H groups in total. The van der Waals surface area contributed by atoms with Crippen LogP contribution < -0.4 is 5.73 Å². The van der Waals surface area contributed by atoms with Crippen LogP contribution in [0.3, 0.4) is 0 Å².